The van der Waals surface area contributed by atoms with E-state index in [0.29, 0.717) is 12.0 Å². The van der Waals surface area contributed by atoms with Crippen LogP contribution in [0.15, 0.2) is 18.5 Å². The Morgan fingerprint density at radius 2 is 1.80 bits per heavy atom. The van der Waals surface area contributed by atoms with Crippen molar-refractivity contribution in [1.82, 2.24) is 20.2 Å². The predicted octanol–water partition coefficient (Wildman–Crippen LogP) is 1.23. The molecule has 1 atom stereocenters. The van der Waals surface area contributed by atoms with E-state index in [1.807, 2.05) is 18.5 Å². The Kier molecular flexibility index (Phi) is 5.73. The van der Waals surface area contributed by atoms with Crippen LogP contribution in [-0.4, -0.2) is 60.2 Å². The van der Waals surface area contributed by atoms with Crippen LogP contribution < -0.4 is 10.2 Å². The molecule has 1 unspecified atom stereocenters. The zero-order valence-electron chi connectivity index (χ0n) is 12.9. The number of nitrogens with zero attached hydrogens (tertiary/aromatic N) is 4. The lowest BCUT2D eigenvalue weighted by molar-refractivity contribution is 0.208. The summed E-state index contributed by atoms with van der Waals surface area (Å²) in [5.74, 6) is 1.53. The first-order valence-electron chi connectivity index (χ1n) is 7.68. The summed E-state index contributed by atoms with van der Waals surface area (Å²) in [6.07, 6.45) is 3.63. The fourth-order valence-electron chi connectivity index (χ4n) is 2.64. The van der Waals surface area contributed by atoms with Gasteiger partial charge >= 0.3 is 0 Å². The number of anilines is 1. The third-order valence-electron chi connectivity index (χ3n) is 3.93. The minimum absolute atomic E-state index is 0.583. The number of rotatable bonds is 6. The molecule has 0 aliphatic carbocycles. The molecule has 1 N–H and O–H groups in total. The molecule has 0 spiro atoms. The second kappa shape index (κ2) is 7.55. The summed E-state index contributed by atoms with van der Waals surface area (Å²) in [4.78, 5) is 13.5. The molecular formula is C15H27N5. The van der Waals surface area contributed by atoms with Crippen LogP contribution in [0.25, 0.3) is 0 Å². The Hall–Kier alpha value is -1.20. The minimum atomic E-state index is 0.583. The zero-order valence-corrected chi connectivity index (χ0v) is 12.9. The van der Waals surface area contributed by atoms with Gasteiger partial charge in [0.1, 0.15) is 0 Å². The van der Waals surface area contributed by atoms with Crippen molar-refractivity contribution < 1.29 is 0 Å². The summed E-state index contributed by atoms with van der Waals surface area (Å²) in [7, 11) is 0. The van der Waals surface area contributed by atoms with Crippen molar-refractivity contribution in [1.29, 1.82) is 0 Å². The highest BCUT2D eigenvalue weighted by Gasteiger charge is 2.22. The van der Waals surface area contributed by atoms with Crippen molar-refractivity contribution in [3.8, 4) is 0 Å². The van der Waals surface area contributed by atoms with Crippen molar-refractivity contribution in [2.45, 2.75) is 26.8 Å². The Balaban J connectivity index is 1.82. The molecule has 5 nitrogen and oxygen atoms in total. The van der Waals surface area contributed by atoms with E-state index in [-0.39, 0.29) is 0 Å². The molecule has 1 aliphatic rings. The quantitative estimate of drug-likeness (QED) is 0.847. The maximum absolute atomic E-state index is 4.33. The van der Waals surface area contributed by atoms with Crippen molar-refractivity contribution in [3.05, 3.63) is 18.5 Å². The molecule has 5 heteroatoms. The van der Waals surface area contributed by atoms with E-state index >= 15 is 0 Å². The SMILES string of the molecule is CCNC(CN1CCN(c2ncccn2)CC1)C(C)C. The summed E-state index contributed by atoms with van der Waals surface area (Å²) in [5, 5.41) is 3.59. The van der Waals surface area contributed by atoms with Gasteiger partial charge in [0.05, 0.1) is 0 Å². The number of aromatic nitrogens is 2. The molecule has 112 valence electrons. The summed E-state index contributed by atoms with van der Waals surface area (Å²) in [5.41, 5.74) is 0. The Bertz CT molecular complexity index is 373. The summed E-state index contributed by atoms with van der Waals surface area (Å²) < 4.78 is 0. The fourth-order valence-corrected chi connectivity index (χ4v) is 2.64. The number of likely N-dealkylation sites (N-methyl/N-ethyl adjacent to an activating group) is 1. The van der Waals surface area contributed by atoms with Gasteiger partial charge in [-0.15, -0.1) is 0 Å². The highest BCUT2D eigenvalue weighted by molar-refractivity contribution is 5.29. The first-order chi connectivity index (χ1) is 9.70. The van der Waals surface area contributed by atoms with Crippen LogP contribution in [-0.2, 0) is 0 Å². The molecule has 1 aromatic rings. The van der Waals surface area contributed by atoms with Crippen molar-refractivity contribution in [2.24, 2.45) is 5.92 Å². The minimum Gasteiger partial charge on any atom is -0.338 e. The average Bonchev–Trinajstić information content (AvgIpc) is 2.48. The van der Waals surface area contributed by atoms with Crippen LogP contribution in [0.4, 0.5) is 5.95 Å². The Morgan fingerprint density at radius 1 is 1.15 bits per heavy atom. The number of piperazine rings is 1. The largest absolute Gasteiger partial charge is 0.338 e. The van der Waals surface area contributed by atoms with E-state index < -0.39 is 0 Å². The lowest BCUT2D eigenvalue weighted by Crippen LogP contribution is -2.52. The van der Waals surface area contributed by atoms with Gasteiger partial charge in [-0.3, -0.25) is 4.90 Å². The Labute approximate surface area is 122 Å². The van der Waals surface area contributed by atoms with Gasteiger partial charge in [-0.2, -0.15) is 0 Å². The monoisotopic (exact) mass is 277 g/mol. The zero-order chi connectivity index (χ0) is 14.4. The molecule has 1 aromatic heterocycles. The molecule has 2 heterocycles. The topological polar surface area (TPSA) is 44.3 Å². The molecule has 1 aliphatic heterocycles. The average molecular weight is 277 g/mol. The molecular weight excluding hydrogens is 250 g/mol. The lowest BCUT2D eigenvalue weighted by Gasteiger charge is -2.37. The van der Waals surface area contributed by atoms with Crippen molar-refractivity contribution >= 4 is 5.95 Å². The van der Waals surface area contributed by atoms with Gasteiger partial charge in [0.15, 0.2) is 0 Å². The molecule has 0 amide bonds. The molecule has 1 saturated heterocycles. The summed E-state index contributed by atoms with van der Waals surface area (Å²) >= 11 is 0. The van der Waals surface area contributed by atoms with Crippen LogP contribution in [0, 0.1) is 5.92 Å². The Morgan fingerprint density at radius 3 is 2.35 bits per heavy atom. The van der Waals surface area contributed by atoms with Gasteiger partial charge in [0.2, 0.25) is 5.95 Å². The molecule has 2 rings (SSSR count). The van der Waals surface area contributed by atoms with Gasteiger partial charge in [0.25, 0.3) is 0 Å². The van der Waals surface area contributed by atoms with E-state index in [0.717, 1.165) is 45.2 Å². The number of hydrogen-bond acceptors (Lipinski definition) is 5. The van der Waals surface area contributed by atoms with Gasteiger partial charge < -0.3 is 10.2 Å². The van der Waals surface area contributed by atoms with Gasteiger partial charge in [0, 0.05) is 51.2 Å². The van der Waals surface area contributed by atoms with E-state index in [2.05, 4.69) is 45.9 Å². The number of hydrogen-bond donors (Lipinski definition) is 1. The smallest absolute Gasteiger partial charge is 0.225 e. The third kappa shape index (κ3) is 4.15. The molecule has 0 radical (unpaired) electrons. The molecule has 0 saturated carbocycles. The lowest BCUT2D eigenvalue weighted by atomic mass is 10.0. The summed E-state index contributed by atoms with van der Waals surface area (Å²) in [6.45, 7) is 13.2. The molecule has 20 heavy (non-hydrogen) atoms. The van der Waals surface area contributed by atoms with Crippen LogP contribution in [0.2, 0.25) is 0 Å². The van der Waals surface area contributed by atoms with Gasteiger partial charge in [-0.05, 0) is 18.5 Å². The van der Waals surface area contributed by atoms with Crippen molar-refractivity contribution in [3.63, 3.8) is 0 Å². The van der Waals surface area contributed by atoms with Crippen LogP contribution >= 0.6 is 0 Å². The standard InChI is InChI=1S/C15H27N5/c1-4-16-14(13(2)3)12-19-8-10-20(11-9-19)15-17-6-5-7-18-15/h5-7,13-14,16H,4,8-12H2,1-3H3. The van der Waals surface area contributed by atoms with Crippen LogP contribution in [0.1, 0.15) is 20.8 Å². The maximum atomic E-state index is 4.33. The number of nitrogens with one attached hydrogen (secondary N) is 1. The van der Waals surface area contributed by atoms with E-state index in [9.17, 15) is 0 Å². The van der Waals surface area contributed by atoms with Crippen LogP contribution in [0.3, 0.4) is 0 Å². The van der Waals surface area contributed by atoms with Crippen molar-refractivity contribution in [2.75, 3.05) is 44.2 Å². The molecule has 0 aromatic carbocycles. The van der Waals surface area contributed by atoms with E-state index in [4.69, 9.17) is 0 Å². The second-order valence-electron chi connectivity index (χ2n) is 5.74. The van der Waals surface area contributed by atoms with Crippen LogP contribution in [0.5, 0.6) is 0 Å². The van der Waals surface area contributed by atoms with E-state index in [1.54, 1.807) is 0 Å². The van der Waals surface area contributed by atoms with E-state index in [1.165, 1.54) is 0 Å². The fraction of sp³-hybridized carbons (Fsp3) is 0.733. The maximum Gasteiger partial charge on any atom is 0.225 e. The molecule has 1 fully saturated rings. The normalized spacial score (nSPS) is 18.5. The first kappa shape index (κ1) is 15.2. The predicted molar refractivity (Wildman–Crippen MR) is 83.0 cm³/mol. The van der Waals surface area contributed by atoms with Gasteiger partial charge in [-0.25, -0.2) is 9.97 Å². The molecule has 0 bridgehead atoms. The summed E-state index contributed by atoms with van der Waals surface area (Å²) in [6, 6.07) is 2.45. The highest BCUT2D eigenvalue weighted by atomic mass is 15.3. The third-order valence-corrected chi connectivity index (χ3v) is 3.93. The van der Waals surface area contributed by atoms with Gasteiger partial charge in [-0.1, -0.05) is 20.8 Å². The second-order valence-corrected chi connectivity index (χ2v) is 5.74. The first-order valence-corrected chi connectivity index (χ1v) is 7.68. The highest BCUT2D eigenvalue weighted by Crippen LogP contribution is 2.11.